The molecule has 152 valence electrons. The molecule has 1 aliphatic heterocycles. The standard InChI is InChI=1S/C22H27N5O2/c1-15-18(16(2)25(3)24-15)13-23-19-20(22(29)21(19)28)27-11-9-26(10-12-27)14-17-7-5-4-6-8-17/h4-8,23H,9-14H2,1-3H3. The van der Waals surface area contributed by atoms with Gasteiger partial charge in [-0.1, -0.05) is 30.3 Å². The van der Waals surface area contributed by atoms with Gasteiger partial charge in [-0.3, -0.25) is 19.2 Å². The summed E-state index contributed by atoms with van der Waals surface area (Å²) in [6.07, 6.45) is 0. The molecule has 0 amide bonds. The predicted molar refractivity (Wildman–Crippen MR) is 115 cm³/mol. The molecule has 0 aliphatic carbocycles. The molecule has 1 aliphatic rings. The van der Waals surface area contributed by atoms with Crippen LogP contribution in [0.15, 0.2) is 39.9 Å². The number of benzene rings is 1. The largest absolute Gasteiger partial charge is 0.376 e. The highest BCUT2D eigenvalue weighted by molar-refractivity contribution is 5.75. The molecular formula is C22H27N5O2. The van der Waals surface area contributed by atoms with E-state index < -0.39 is 5.43 Å². The van der Waals surface area contributed by atoms with Gasteiger partial charge in [0.1, 0.15) is 11.4 Å². The van der Waals surface area contributed by atoms with Crippen LogP contribution in [0.5, 0.6) is 0 Å². The predicted octanol–water partition coefficient (Wildman–Crippen LogP) is 1.57. The molecule has 1 aromatic heterocycles. The third-order valence-corrected chi connectivity index (χ3v) is 5.92. The maximum Gasteiger partial charge on any atom is 0.253 e. The van der Waals surface area contributed by atoms with Gasteiger partial charge in [0.15, 0.2) is 0 Å². The van der Waals surface area contributed by atoms with E-state index in [2.05, 4.69) is 44.5 Å². The lowest BCUT2D eigenvalue weighted by atomic mass is 10.1. The molecule has 2 heterocycles. The van der Waals surface area contributed by atoms with E-state index in [1.165, 1.54) is 5.56 Å². The van der Waals surface area contributed by atoms with Gasteiger partial charge in [-0.15, -0.1) is 0 Å². The first kappa shape index (κ1) is 19.4. The van der Waals surface area contributed by atoms with Crippen molar-refractivity contribution in [3.05, 3.63) is 73.3 Å². The number of piperazine rings is 1. The molecule has 0 atom stereocenters. The highest BCUT2D eigenvalue weighted by Gasteiger charge is 2.28. The third kappa shape index (κ3) is 3.70. The minimum Gasteiger partial charge on any atom is -0.376 e. The van der Waals surface area contributed by atoms with E-state index in [4.69, 9.17) is 0 Å². The fraction of sp³-hybridized carbons (Fsp3) is 0.409. The SMILES string of the molecule is Cc1nn(C)c(C)c1CNc1c(N2CCN(Cc3ccccc3)CC2)c(=O)c1=O. The Kier molecular flexibility index (Phi) is 5.24. The Bertz CT molecular complexity index is 1070. The van der Waals surface area contributed by atoms with E-state index in [0.29, 0.717) is 17.9 Å². The van der Waals surface area contributed by atoms with Crippen molar-refractivity contribution in [3.8, 4) is 0 Å². The molecule has 1 saturated heterocycles. The number of nitrogens with one attached hydrogen (secondary N) is 1. The molecule has 0 radical (unpaired) electrons. The Morgan fingerprint density at radius 1 is 1.00 bits per heavy atom. The van der Waals surface area contributed by atoms with E-state index in [1.54, 1.807) is 0 Å². The summed E-state index contributed by atoms with van der Waals surface area (Å²) < 4.78 is 1.83. The number of nitrogens with zero attached hydrogens (tertiary/aromatic N) is 4. The molecule has 7 nitrogen and oxygen atoms in total. The number of hydrogen-bond acceptors (Lipinski definition) is 6. The first-order valence-corrected chi connectivity index (χ1v) is 10.0. The zero-order valence-corrected chi connectivity index (χ0v) is 17.2. The van der Waals surface area contributed by atoms with Gasteiger partial charge in [0, 0.05) is 57.6 Å². The second-order valence-corrected chi connectivity index (χ2v) is 7.76. The summed E-state index contributed by atoms with van der Waals surface area (Å²) in [7, 11) is 1.91. The molecular weight excluding hydrogens is 366 g/mol. The summed E-state index contributed by atoms with van der Waals surface area (Å²) in [5, 5.41) is 7.62. The fourth-order valence-corrected chi connectivity index (χ4v) is 4.07. The van der Waals surface area contributed by atoms with Gasteiger partial charge in [0.25, 0.3) is 10.9 Å². The summed E-state index contributed by atoms with van der Waals surface area (Å²) in [4.78, 5) is 28.9. The Hall–Kier alpha value is -2.93. The monoisotopic (exact) mass is 393 g/mol. The zero-order valence-electron chi connectivity index (χ0n) is 17.2. The highest BCUT2D eigenvalue weighted by Crippen LogP contribution is 2.23. The number of anilines is 2. The third-order valence-electron chi connectivity index (χ3n) is 5.92. The quantitative estimate of drug-likeness (QED) is 0.641. The maximum atomic E-state index is 12.3. The van der Waals surface area contributed by atoms with Crippen molar-refractivity contribution < 1.29 is 0 Å². The van der Waals surface area contributed by atoms with Gasteiger partial charge in [0.05, 0.1) is 5.69 Å². The van der Waals surface area contributed by atoms with Gasteiger partial charge >= 0.3 is 0 Å². The minimum absolute atomic E-state index is 0.372. The number of rotatable bonds is 6. The summed E-state index contributed by atoms with van der Waals surface area (Å²) in [5.41, 5.74) is 4.58. The van der Waals surface area contributed by atoms with Crippen LogP contribution in [0.25, 0.3) is 0 Å². The summed E-state index contributed by atoms with van der Waals surface area (Å²) >= 11 is 0. The van der Waals surface area contributed by atoms with Crippen LogP contribution < -0.4 is 21.1 Å². The zero-order chi connectivity index (χ0) is 20.5. The lowest BCUT2D eigenvalue weighted by Crippen LogP contribution is -2.51. The summed E-state index contributed by atoms with van der Waals surface area (Å²) in [6, 6.07) is 10.4. The van der Waals surface area contributed by atoms with E-state index in [-0.39, 0.29) is 5.43 Å². The van der Waals surface area contributed by atoms with Crippen LogP contribution >= 0.6 is 0 Å². The summed E-state index contributed by atoms with van der Waals surface area (Å²) in [6.45, 7) is 8.60. The fourth-order valence-electron chi connectivity index (χ4n) is 4.07. The molecule has 2 aromatic carbocycles. The Labute approximate surface area is 170 Å². The van der Waals surface area contributed by atoms with Crippen molar-refractivity contribution in [2.75, 3.05) is 36.4 Å². The van der Waals surface area contributed by atoms with Gasteiger partial charge in [-0.25, -0.2) is 0 Å². The van der Waals surface area contributed by atoms with Crippen LogP contribution in [0.2, 0.25) is 0 Å². The van der Waals surface area contributed by atoms with Crippen LogP contribution in [-0.4, -0.2) is 40.9 Å². The molecule has 29 heavy (non-hydrogen) atoms. The van der Waals surface area contributed by atoms with Gasteiger partial charge in [-0.2, -0.15) is 5.10 Å². The molecule has 1 fully saturated rings. The van der Waals surface area contributed by atoms with Crippen LogP contribution in [0.1, 0.15) is 22.5 Å². The van der Waals surface area contributed by atoms with Crippen LogP contribution in [0, 0.1) is 13.8 Å². The van der Waals surface area contributed by atoms with E-state index in [9.17, 15) is 9.59 Å². The first-order chi connectivity index (χ1) is 14.0. The smallest absolute Gasteiger partial charge is 0.253 e. The Balaban J connectivity index is 1.41. The van der Waals surface area contributed by atoms with Crippen LogP contribution in [0.4, 0.5) is 11.4 Å². The molecule has 4 rings (SSSR count). The molecule has 3 aromatic rings. The van der Waals surface area contributed by atoms with E-state index in [0.717, 1.165) is 49.7 Å². The van der Waals surface area contributed by atoms with Crippen molar-refractivity contribution in [2.45, 2.75) is 26.9 Å². The van der Waals surface area contributed by atoms with Crippen molar-refractivity contribution in [2.24, 2.45) is 7.05 Å². The van der Waals surface area contributed by atoms with E-state index in [1.807, 2.05) is 31.6 Å². The van der Waals surface area contributed by atoms with Gasteiger partial charge in [0.2, 0.25) is 0 Å². The lowest BCUT2D eigenvalue weighted by molar-refractivity contribution is 0.249. The molecule has 7 heteroatoms. The average molecular weight is 393 g/mol. The first-order valence-electron chi connectivity index (χ1n) is 10.0. The highest BCUT2D eigenvalue weighted by atomic mass is 16.2. The molecule has 0 bridgehead atoms. The molecule has 0 unspecified atom stereocenters. The molecule has 0 saturated carbocycles. The molecule has 1 N–H and O–H groups in total. The number of aryl methyl sites for hydroxylation is 2. The van der Waals surface area contributed by atoms with Gasteiger partial charge < -0.3 is 10.2 Å². The second kappa shape index (κ2) is 7.83. The second-order valence-electron chi connectivity index (χ2n) is 7.76. The molecule has 0 spiro atoms. The van der Waals surface area contributed by atoms with E-state index >= 15 is 0 Å². The number of hydrogen-bond donors (Lipinski definition) is 1. The minimum atomic E-state index is -0.411. The average Bonchev–Trinajstić information content (AvgIpc) is 2.97. The Morgan fingerprint density at radius 2 is 1.69 bits per heavy atom. The normalized spacial score (nSPS) is 15.2. The maximum absolute atomic E-state index is 12.3. The van der Waals surface area contributed by atoms with Crippen molar-refractivity contribution in [3.63, 3.8) is 0 Å². The van der Waals surface area contributed by atoms with Crippen molar-refractivity contribution >= 4 is 11.4 Å². The summed E-state index contributed by atoms with van der Waals surface area (Å²) in [5.74, 6) is 0. The van der Waals surface area contributed by atoms with Gasteiger partial charge in [-0.05, 0) is 19.4 Å². The topological polar surface area (TPSA) is 70.5 Å². The lowest BCUT2D eigenvalue weighted by Gasteiger charge is -2.37. The Morgan fingerprint density at radius 3 is 2.31 bits per heavy atom. The number of aromatic nitrogens is 2. The van der Waals surface area contributed by atoms with Crippen LogP contribution in [-0.2, 0) is 20.1 Å². The van der Waals surface area contributed by atoms with Crippen molar-refractivity contribution in [1.29, 1.82) is 0 Å². The van der Waals surface area contributed by atoms with Crippen LogP contribution in [0.3, 0.4) is 0 Å². The van der Waals surface area contributed by atoms with Crippen molar-refractivity contribution in [1.82, 2.24) is 14.7 Å².